The van der Waals surface area contributed by atoms with Crippen molar-refractivity contribution >= 4 is 21.8 Å². The molecule has 0 fully saturated rings. The van der Waals surface area contributed by atoms with Gasteiger partial charge < -0.3 is 4.57 Å². The van der Waals surface area contributed by atoms with E-state index >= 15 is 0 Å². The molecular weight excluding hydrogens is 631 g/mol. The number of fused-ring (bicyclic) bond motifs is 6. The zero-order valence-corrected chi connectivity index (χ0v) is 29.1. The smallest absolute Gasteiger partial charge is 0.160 e. The van der Waals surface area contributed by atoms with Gasteiger partial charge in [0.15, 0.2) is 5.82 Å². The van der Waals surface area contributed by atoms with Crippen LogP contribution in [-0.4, -0.2) is 14.5 Å². The maximum atomic E-state index is 5.44. The number of aromatic nitrogens is 3. The summed E-state index contributed by atoms with van der Waals surface area (Å²) < 4.78 is 2.38. The van der Waals surface area contributed by atoms with Crippen LogP contribution in [0.2, 0.25) is 0 Å². The fourth-order valence-electron chi connectivity index (χ4n) is 8.29. The summed E-state index contributed by atoms with van der Waals surface area (Å²) in [6.45, 7) is 4.61. The van der Waals surface area contributed by atoms with Crippen LogP contribution in [0.15, 0.2) is 176 Å². The van der Waals surface area contributed by atoms with Gasteiger partial charge in [-0.3, -0.25) is 0 Å². The highest BCUT2D eigenvalue weighted by Crippen LogP contribution is 2.51. The van der Waals surface area contributed by atoms with Gasteiger partial charge in [-0.15, -0.1) is 0 Å². The third-order valence-corrected chi connectivity index (χ3v) is 10.8. The van der Waals surface area contributed by atoms with E-state index in [1.807, 2.05) is 0 Å². The monoisotopic (exact) mass is 665 g/mol. The van der Waals surface area contributed by atoms with Crippen LogP contribution in [0.1, 0.15) is 25.0 Å². The van der Waals surface area contributed by atoms with Crippen LogP contribution in [-0.2, 0) is 5.41 Å². The van der Waals surface area contributed by atoms with Gasteiger partial charge in [-0.05, 0) is 64.2 Å². The molecule has 3 heteroatoms. The topological polar surface area (TPSA) is 30.7 Å². The van der Waals surface area contributed by atoms with E-state index in [2.05, 4.69) is 194 Å². The zero-order chi connectivity index (χ0) is 34.8. The van der Waals surface area contributed by atoms with E-state index in [1.165, 1.54) is 44.1 Å². The number of hydrogen-bond acceptors (Lipinski definition) is 2. The third-order valence-electron chi connectivity index (χ3n) is 10.8. The fraction of sp³-hybridized carbons (Fsp3) is 0.0612. The number of hydrogen-bond donors (Lipinski definition) is 0. The predicted molar refractivity (Wildman–Crippen MR) is 216 cm³/mol. The molecule has 0 amide bonds. The maximum Gasteiger partial charge on any atom is 0.160 e. The van der Waals surface area contributed by atoms with Crippen LogP contribution in [0.5, 0.6) is 0 Å². The first-order valence-corrected chi connectivity index (χ1v) is 17.9. The Bertz CT molecular complexity index is 2770. The molecule has 246 valence electrons. The lowest BCUT2D eigenvalue weighted by Gasteiger charge is -2.24. The second-order valence-electron chi connectivity index (χ2n) is 14.2. The molecule has 52 heavy (non-hydrogen) atoms. The molecule has 7 aromatic carbocycles. The van der Waals surface area contributed by atoms with Crippen LogP contribution in [0.25, 0.3) is 83.6 Å². The Kier molecular flexibility index (Phi) is 6.84. The van der Waals surface area contributed by atoms with Crippen molar-refractivity contribution in [3.05, 3.63) is 187 Å². The highest BCUT2D eigenvalue weighted by Gasteiger charge is 2.40. The predicted octanol–water partition coefficient (Wildman–Crippen LogP) is 12.5. The van der Waals surface area contributed by atoms with Gasteiger partial charge in [0.2, 0.25) is 0 Å². The molecule has 0 unspecified atom stereocenters. The van der Waals surface area contributed by atoms with Gasteiger partial charge in [0.05, 0.1) is 22.4 Å². The van der Waals surface area contributed by atoms with E-state index in [9.17, 15) is 0 Å². The Morgan fingerprint density at radius 2 is 0.942 bits per heavy atom. The minimum absolute atomic E-state index is 0.266. The van der Waals surface area contributed by atoms with Crippen molar-refractivity contribution in [2.75, 3.05) is 0 Å². The highest BCUT2D eigenvalue weighted by molar-refractivity contribution is 6.09. The summed E-state index contributed by atoms with van der Waals surface area (Å²) in [5.74, 6) is 0.734. The lowest BCUT2D eigenvalue weighted by molar-refractivity contribution is 0.658. The van der Waals surface area contributed by atoms with Crippen molar-refractivity contribution in [1.82, 2.24) is 14.5 Å². The first-order valence-electron chi connectivity index (χ1n) is 17.9. The normalized spacial score (nSPS) is 13.0. The van der Waals surface area contributed by atoms with Crippen molar-refractivity contribution in [2.45, 2.75) is 19.3 Å². The van der Waals surface area contributed by atoms with Crippen molar-refractivity contribution in [2.24, 2.45) is 0 Å². The molecule has 0 radical (unpaired) electrons. The van der Waals surface area contributed by atoms with Gasteiger partial charge in [0, 0.05) is 44.1 Å². The average Bonchev–Trinajstić information content (AvgIpc) is 3.67. The second kappa shape index (κ2) is 11.8. The number of rotatable bonds is 5. The molecule has 0 saturated heterocycles. The van der Waals surface area contributed by atoms with Gasteiger partial charge in [-0.2, -0.15) is 0 Å². The van der Waals surface area contributed by atoms with Crippen molar-refractivity contribution < 1.29 is 0 Å². The Morgan fingerprint density at radius 3 is 1.69 bits per heavy atom. The minimum atomic E-state index is -0.266. The molecule has 0 N–H and O–H groups in total. The Labute approximate surface area is 303 Å². The first kappa shape index (κ1) is 30.3. The van der Waals surface area contributed by atoms with Gasteiger partial charge in [-0.25, -0.2) is 9.97 Å². The summed E-state index contributed by atoms with van der Waals surface area (Å²) >= 11 is 0. The minimum Gasteiger partial charge on any atom is -0.309 e. The lowest BCUT2D eigenvalue weighted by Crippen LogP contribution is -2.17. The van der Waals surface area contributed by atoms with Gasteiger partial charge >= 0.3 is 0 Å². The van der Waals surface area contributed by atoms with E-state index in [0.717, 1.165) is 50.7 Å². The number of benzene rings is 7. The molecule has 1 aliphatic carbocycles. The summed E-state index contributed by atoms with van der Waals surface area (Å²) in [5.41, 5.74) is 15.6. The molecule has 10 rings (SSSR count). The summed E-state index contributed by atoms with van der Waals surface area (Å²) in [6.07, 6.45) is 0. The number of nitrogens with zero attached hydrogens (tertiary/aromatic N) is 3. The first-order chi connectivity index (χ1) is 25.5. The van der Waals surface area contributed by atoms with E-state index < -0.39 is 0 Å². The van der Waals surface area contributed by atoms with Crippen molar-refractivity contribution in [3.8, 4) is 61.8 Å². The van der Waals surface area contributed by atoms with Gasteiger partial charge in [-0.1, -0.05) is 153 Å². The van der Waals surface area contributed by atoms with Crippen LogP contribution >= 0.6 is 0 Å². The van der Waals surface area contributed by atoms with E-state index in [0.29, 0.717) is 0 Å². The molecule has 0 aliphatic heterocycles. The van der Waals surface area contributed by atoms with E-state index in [4.69, 9.17) is 9.97 Å². The molecule has 0 bridgehead atoms. The molecule has 0 saturated carbocycles. The van der Waals surface area contributed by atoms with Crippen LogP contribution in [0, 0.1) is 0 Å². The molecule has 0 spiro atoms. The van der Waals surface area contributed by atoms with Crippen LogP contribution in [0.3, 0.4) is 0 Å². The summed E-state index contributed by atoms with van der Waals surface area (Å²) in [7, 11) is 0. The van der Waals surface area contributed by atoms with E-state index in [1.54, 1.807) is 0 Å². The second-order valence-corrected chi connectivity index (χ2v) is 14.2. The summed E-state index contributed by atoms with van der Waals surface area (Å²) in [4.78, 5) is 10.8. The Hall–Kier alpha value is -6.58. The Morgan fingerprint density at radius 1 is 0.423 bits per heavy atom. The molecule has 2 heterocycles. The lowest BCUT2D eigenvalue weighted by atomic mass is 9.80. The molecule has 1 aliphatic rings. The number of para-hydroxylation sites is 2. The van der Waals surface area contributed by atoms with Crippen molar-refractivity contribution in [3.63, 3.8) is 0 Å². The third kappa shape index (κ3) is 4.74. The summed E-state index contributed by atoms with van der Waals surface area (Å²) in [5, 5.41) is 2.52. The van der Waals surface area contributed by atoms with Gasteiger partial charge in [0.1, 0.15) is 0 Å². The molecule has 3 nitrogen and oxygen atoms in total. The molecule has 2 aromatic heterocycles. The summed E-state index contributed by atoms with van der Waals surface area (Å²) in [6, 6.07) is 62.9. The SMILES string of the molecule is CC1(C)c2ccccc2-c2nc(-c3cccc(-c4ccccc4)c3)nc(-c3cccc(-c4cccc(-n5c6ccccc6c6ccccc65)c4)c3)c21. The van der Waals surface area contributed by atoms with Crippen LogP contribution < -0.4 is 0 Å². The van der Waals surface area contributed by atoms with Crippen molar-refractivity contribution in [1.29, 1.82) is 0 Å². The van der Waals surface area contributed by atoms with Crippen LogP contribution in [0.4, 0.5) is 0 Å². The maximum absolute atomic E-state index is 5.44. The highest BCUT2D eigenvalue weighted by atomic mass is 15.0. The zero-order valence-electron chi connectivity index (χ0n) is 29.1. The van der Waals surface area contributed by atoms with E-state index in [-0.39, 0.29) is 5.41 Å². The molecular formula is C49H35N3. The molecule has 9 aromatic rings. The van der Waals surface area contributed by atoms with Gasteiger partial charge in [0.25, 0.3) is 0 Å². The standard InChI is InChI=1S/C49H35N3/c1-49(2)42-26-9-6-25-41(42)47-45(49)46(50-48(51-47)37-21-13-17-33(30-37)32-15-4-3-5-16-32)36-20-12-18-34(29-36)35-19-14-22-38(31-35)52-43-27-10-7-23-39(43)40-24-8-11-28-44(40)52/h3-31H,1-2H3. The molecule has 0 atom stereocenters. The fourth-order valence-corrected chi connectivity index (χ4v) is 8.29. The quantitative estimate of drug-likeness (QED) is 0.183. The largest absolute Gasteiger partial charge is 0.309 e. The Balaban J connectivity index is 1.14. The average molecular weight is 666 g/mol.